The lowest BCUT2D eigenvalue weighted by Crippen LogP contribution is -2.55. The first-order valence-electron chi connectivity index (χ1n) is 11.5. The van der Waals surface area contributed by atoms with Gasteiger partial charge >= 0.3 is 12.2 Å². The van der Waals surface area contributed by atoms with Crippen LogP contribution in [0.15, 0.2) is 18.3 Å². The molecule has 2 saturated heterocycles. The Kier molecular flexibility index (Phi) is 6.02. The molecule has 0 bridgehead atoms. The van der Waals surface area contributed by atoms with Crippen molar-refractivity contribution in [3.8, 4) is 0 Å². The molecule has 1 aromatic rings. The molecule has 4 rings (SSSR count). The van der Waals surface area contributed by atoms with Crippen LogP contribution >= 0.6 is 0 Å². The third kappa shape index (κ3) is 4.69. The molecule has 4 amide bonds. The van der Waals surface area contributed by atoms with Crippen molar-refractivity contribution < 1.29 is 27.6 Å². The molecule has 186 valence electrons. The average Bonchev–Trinajstić information content (AvgIpc) is 2.95. The Morgan fingerprint density at radius 3 is 2.38 bits per heavy atom. The van der Waals surface area contributed by atoms with Gasteiger partial charge in [0.2, 0.25) is 5.91 Å². The summed E-state index contributed by atoms with van der Waals surface area (Å²) >= 11 is 0. The fourth-order valence-corrected chi connectivity index (χ4v) is 5.81. The summed E-state index contributed by atoms with van der Waals surface area (Å²) in [5.41, 5.74) is -1.86. The largest absolute Gasteiger partial charge is 0.417 e. The summed E-state index contributed by atoms with van der Waals surface area (Å²) in [5, 5.41) is 2.88. The summed E-state index contributed by atoms with van der Waals surface area (Å²) < 4.78 is 38.2. The van der Waals surface area contributed by atoms with E-state index in [9.17, 15) is 27.6 Å². The Morgan fingerprint density at radius 2 is 1.82 bits per heavy atom. The first-order valence-corrected chi connectivity index (χ1v) is 11.5. The Morgan fingerprint density at radius 1 is 1.15 bits per heavy atom. The minimum absolute atomic E-state index is 0.0940. The number of imide groups is 1. The highest BCUT2D eigenvalue weighted by molar-refractivity contribution is 6.09. The standard InChI is InChI=1S/C23H30F3N5O3/c1-15-10-21(2,3)14-22(11-15)19(33)31(20(34)28-22)13-18(32)30-8-6-29(7-9-30)17-5-4-16(12-27-17)23(24,25)26/h4-5,12,15H,6-11,13-14H2,1-3H3,(H,28,34). The van der Waals surface area contributed by atoms with Gasteiger partial charge in [-0.1, -0.05) is 20.8 Å². The van der Waals surface area contributed by atoms with Crippen LogP contribution in [0.3, 0.4) is 0 Å². The van der Waals surface area contributed by atoms with E-state index in [2.05, 4.69) is 31.1 Å². The number of carbonyl (C=O) groups is 3. The highest BCUT2D eigenvalue weighted by Gasteiger charge is 2.56. The third-order valence-corrected chi connectivity index (χ3v) is 6.95. The van der Waals surface area contributed by atoms with Crippen LogP contribution < -0.4 is 10.2 Å². The van der Waals surface area contributed by atoms with Crippen molar-refractivity contribution in [2.24, 2.45) is 11.3 Å². The second-order valence-electron chi connectivity index (χ2n) is 10.5. The van der Waals surface area contributed by atoms with Gasteiger partial charge in [-0.05, 0) is 42.7 Å². The van der Waals surface area contributed by atoms with Crippen LogP contribution in [0.1, 0.15) is 45.6 Å². The highest BCUT2D eigenvalue weighted by Crippen LogP contribution is 2.46. The lowest BCUT2D eigenvalue weighted by Gasteiger charge is -2.43. The number of alkyl halides is 3. The highest BCUT2D eigenvalue weighted by atomic mass is 19.4. The zero-order chi connectivity index (χ0) is 24.9. The molecule has 11 heteroatoms. The van der Waals surface area contributed by atoms with Crippen LogP contribution in [0.2, 0.25) is 0 Å². The number of urea groups is 1. The molecule has 2 aliphatic heterocycles. The molecule has 0 radical (unpaired) electrons. The molecule has 2 unspecified atom stereocenters. The van der Waals surface area contributed by atoms with Gasteiger partial charge in [-0.2, -0.15) is 13.2 Å². The van der Waals surface area contributed by atoms with Gasteiger partial charge < -0.3 is 15.1 Å². The van der Waals surface area contributed by atoms with Crippen LogP contribution in [0.5, 0.6) is 0 Å². The Balaban J connectivity index is 1.35. The molecule has 1 aromatic heterocycles. The van der Waals surface area contributed by atoms with Crippen molar-refractivity contribution in [2.45, 2.75) is 51.7 Å². The second-order valence-corrected chi connectivity index (χ2v) is 10.5. The van der Waals surface area contributed by atoms with E-state index in [0.717, 1.165) is 23.6 Å². The first-order chi connectivity index (χ1) is 15.8. The fraction of sp³-hybridized carbons (Fsp3) is 0.652. The average molecular weight is 482 g/mol. The maximum absolute atomic E-state index is 13.3. The number of anilines is 1. The van der Waals surface area contributed by atoms with E-state index in [1.807, 2.05) is 0 Å². The van der Waals surface area contributed by atoms with Gasteiger partial charge in [-0.3, -0.25) is 14.5 Å². The molecule has 34 heavy (non-hydrogen) atoms. The topological polar surface area (TPSA) is 85.8 Å². The van der Waals surface area contributed by atoms with Gasteiger partial charge in [0, 0.05) is 32.4 Å². The number of nitrogens with one attached hydrogen (secondary N) is 1. The fourth-order valence-electron chi connectivity index (χ4n) is 5.81. The lowest BCUT2D eigenvalue weighted by molar-refractivity contribution is -0.140. The molecule has 1 spiro atoms. The number of amides is 4. The summed E-state index contributed by atoms with van der Waals surface area (Å²) in [5.74, 6) is 0.0162. The SMILES string of the molecule is CC1CC(C)(C)CC2(C1)NC(=O)N(CC(=O)N1CCN(c3ccc(C(F)(F)F)cn3)CC1)C2=O. The molecule has 1 aliphatic carbocycles. The van der Waals surface area contributed by atoms with Gasteiger partial charge in [0.25, 0.3) is 5.91 Å². The molecule has 2 atom stereocenters. The summed E-state index contributed by atoms with van der Waals surface area (Å²) in [6.45, 7) is 7.34. The van der Waals surface area contributed by atoms with E-state index in [1.165, 1.54) is 6.07 Å². The maximum Gasteiger partial charge on any atom is 0.417 e. The molecule has 3 aliphatic rings. The van der Waals surface area contributed by atoms with Crippen molar-refractivity contribution in [3.63, 3.8) is 0 Å². The number of hydrogen-bond donors (Lipinski definition) is 1. The van der Waals surface area contributed by atoms with Crippen LogP contribution in [-0.4, -0.2) is 70.9 Å². The van der Waals surface area contributed by atoms with Gasteiger partial charge in [0.1, 0.15) is 17.9 Å². The van der Waals surface area contributed by atoms with Crippen molar-refractivity contribution in [1.29, 1.82) is 0 Å². The Bertz CT molecular complexity index is 973. The molecule has 3 fully saturated rings. The van der Waals surface area contributed by atoms with Gasteiger partial charge in [0.15, 0.2) is 0 Å². The summed E-state index contributed by atoms with van der Waals surface area (Å²) in [4.78, 5) is 47.1. The van der Waals surface area contributed by atoms with Gasteiger partial charge in [-0.25, -0.2) is 9.78 Å². The van der Waals surface area contributed by atoms with Crippen molar-refractivity contribution in [2.75, 3.05) is 37.6 Å². The monoisotopic (exact) mass is 481 g/mol. The predicted octanol–water partition coefficient (Wildman–Crippen LogP) is 2.89. The zero-order valence-corrected chi connectivity index (χ0v) is 19.6. The van der Waals surface area contributed by atoms with Crippen molar-refractivity contribution >= 4 is 23.7 Å². The van der Waals surface area contributed by atoms with Crippen LogP contribution in [0.25, 0.3) is 0 Å². The van der Waals surface area contributed by atoms with E-state index in [1.54, 1.807) is 9.80 Å². The number of halogens is 3. The lowest BCUT2D eigenvalue weighted by atomic mass is 9.64. The maximum atomic E-state index is 13.3. The quantitative estimate of drug-likeness (QED) is 0.671. The van der Waals surface area contributed by atoms with Crippen LogP contribution in [-0.2, 0) is 15.8 Å². The number of nitrogens with zero attached hydrogens (tertiary/aromatic N) is 4. The number of rotatable bonds is 3. The van der Waals surface area contributed by atoms with Crippen molar-refractivity contribution in [1.82, 2.24) is 20.1 Å². The van der Waals surface area contributed by atoms with E-state index in [-0.39, 0.29) is 29.7 Å². The summed E-state index contributed by atoms with van der Waals surface area (Å²) in [6, 6.07) is 1.77. The second kappa shape index (κ2) is 8.42. The zero-order valence-electron chi connectivity index (χ0n) is 19.6. The molecule has 1 saturated carbocycles. The third-order valence-electron chi connectivity index (χ3n) is 6.95. The number of hydrogen-bond acceptors (Lipinski definition) is 5. The Labute approximate surface area is 196 Å². The van der Waals surface area contributed by atoms with E-state index in [4.69, 9.17) is 0 Å². The number of aromatic nitrogens is 1. The minimum atomic E-state index is -4.44. The smallest absolute Gasteiger partial charge is 0.353 e. The van der Waals surface area contributed by atoms with Gasteiger partial charge in [0.05, 0.1) is 5.56 Å². The van der Waals surface area contributed by atoms with E-state index < -0.39 is 23.3 Å². The molecular formula is C23H30F3N5O3. The van der Waals surface area contributed by atoms with Crippen molar-refractivity contribution in [3.05, 3.63) is 23.9 Å². The van der Waals surface area contributed by atoms with Crippen LogP contribution in [0, 0.1) is 11.3 Å². The number of piperazine rings is 1. The summed E-state index contributed by atoms with van der Waals surface area (Å²) in [7, 11) is 0. The number of pyridine rings is 1. The van der Waals surface area contributed by atoms with Gasteiger partial charge in [-0.15, -0.1) is 0 Å². The molecule has 8 nitrogen and oxygen atoms in total. The molecule has 1 N–H and O–H groups in total. The first kappa shape index (κ1) is 24.3. The normalized spacial score (nSPS) is 27.4. The summed E-state index contributed by atoms with van der Waals surface area (Å²) in [6.07, 6.45) is -1.58. The Hall–Kier alpha value is -2.85. The van der Waals surface area contributed by atoms with Crippen LogP contribution in [0.4, 0.5) is 23.8 Å². The minimum Gasteiger partial charge on any atom is -0.353 e. The predicted molar refractivity (Wildman–Crippen MR) is 118 cm³/mol. The molecule has 0 aromatic carbocycles. The molecular weight excluding hydrogens is 451 g/mol. The number of carbonyl (C=O) groups excluding carboxylic acids is 3. The van der Waals surface area contributed by atoms with E-state index >= 15 is 0 Å². The van der Waals surface area contributed by atoms with E-state index in [0.29, 0.717) is 44.8 Å². The molecule has 3 heterocycles.